The average Bonchev–Trinajstić information content (AvgIpc) is 2.47. The van der Waals surface area contributed by atoms with Gasteiger partial charge in [0, 0.05) is 17.9 Å². The van der Waals surface area contributed by atoms with Gasteiger partial charge in [-0.25, -0.2) is 0 Å². The van der Waals surface area contributed by atoms with Crippen molar-refractivity contribution >= 4 is 28.7 Å². The molecule has 0 fully saturated rings. The van der Waals surface area contributed by atoms with E-state index in [4.69, 9.17) is 18.0 Å². The van der Waals surface area contributed by atoms with Gasteiger partial charge < -0.3 is 16.4 Å². The van der Waals surface area contributed by atoms with E-state index in [0.717, 1.165) is 11.4 Å². The lowest BCUT2D eigenvalue weighted by Gasteiger charge is -2.19. The molecule has 4 heteroatoms. The summed E-state index contributed by atoms with van der Waals surface area (Å²) in [6.07, 6.45) is 0. The average molecular weight is 313 g/mol. The highest BCUT2D eigenvalue weighted by Crippen LogP contribution is 2.22. The third-order valence-corrected chi connectivity index (χ3v) is 3.69. The number of nitrogens with one attached hydrogen (secondary N) is 2. The standard InChI is InChI=1S/C18H23N3S/c1-18(2,3)14-6-4-13(5-7-14)12-20-17(22)21-16-10-8-15(19)9-11-16/h4-11H,12,19H2,1-3H3,(H2,20,21,22). The zero-order valence-corrected chi connectivity index (χ0v) is 14.1. The maximum Gasteiger partial charge on any atom is 0.171 e. The van der Waals surface area contributed by atoms with Gasteiger partial charge in [-0.2, -0.15) is 0 Å². The maximum absolute atomic E-state index is 5.66. The van der Waals surface area contributed by atoms with Crippen molar-refractivity contribution in [1.82, 2.24) is 5.32 Å². The monoisotopic (exact) mass is 313 g/mol. The molecule has 0 aromatic heterocycles. The van der Waals surface area contributed by atoms with E-state index in [1.54, 1.807) is 0 Å². The Morgan fingerprint density at radius 2 is 1.59 bits per heavy atom. The SMILES string of the molecule is CC(C)(C)c1ccc(CNC(=S)Nc2ccc(N)cc2)cc1. The summed E-state index contributed by atoms with van der Waals surface area (Å²) in [7, 11) is 0. The molecule has 0 heterocycles. The van der Waals surface area contributed by atoms with Gasteiger partial charge in [0.15, 0.2) is 5.11 Å². The Hall–Kier alpha value is -2.07. The van der Waals surface area contributed by atoms with E-state index in [-0.39, 0.29) is 5.41 Å². The van der Waals surface area contributed by atoms with Gasteiger partial charge in [0.1, 0.15) is 0 Å². The first-order chi connectivity index (χ1) is 10.3. The Labute approximate surface area is 137 Å². The molecule has 116 valence electrons. The fourth-order valence-corrected chi connectivity index (χ4v) is 2.24. The second kappa shape index (κ2) is 6.79. The molecule has 0 saturated carbocycles. The number of hydrogen-bond donors (Lipinski definition) is 3. The lowest BCUT2D eigenvalue weighted by atomic mass is 9.87. The minimum absolute atomic E-state index is 0.179. The molecule has 0 bridgehead atoms. The van der Waals surface area contributed by atoms with E-state index in [9.17, 15) is 0 Å². The van der Waals surface area contributed by atoms with Gasteiger partial charge in [-0.05, 0) is 53.0 Å². The van der Waals surface area contributed by atoms with Crippen LogP contribution in [-0.2, 0) is 12.0 Å². The highest BCUT2D eigenvalue weighted by atomic mass is 32.1. The van der Waals surface area contributed by atoms with E-state index in [1.165, 1.54) is 11.1 Å². The highest BCUT2D eigenvalue weighted by Gasteiger charge is 2.12. The normalized spacial score (nSPS) is 11.0. The van der Waals surface area contributed by atoms with E-state index < -0.39 is 0 Å². The molecule has 4 N–H and O–H groups in total. The zero-order chi connectivity index (χ0) is 16.2. The molecule has 0 radical (unpaired) electrons. The number of nitrogen functional groups attached to an aromatic ring is 1. The molecule has 0 aliphatic rings. The minimum atomic E-state index is 0.179. The largest absolute Gasteiger partial charge is 0.399 e. The minimum Gasteiger partial charge on any atom is -0.399 e. The predicted octanol–water partition coefficient (Wildman–Crippen LogP) is 4.05. The Balaban J connectivity index is 1.87. The fourth-order valence-electron chi connectivity index (χ4n) is 2.05. The number of thiocarbonyl (C=S) groups is 1. The molecular weight excluding hydrogens is 290 g/mol. The molecule has 0 unspecified atom stereocenters. The van der Waals surface area contributed by atoms with Crippen LogP contribution in [0.4, 0.5) is 11.4 Å². The quantitative estimate of drug-likeness (QED) is 0.591. The summed E-state index contributed by atoms with van der Waals surface area (Å²) in [5.74, 6) is 0. The van der Waals surface area contributed by atoms with Crippen molar-refractivity contribution < 1.29 is 0 Å². The van der Waals surface area contributed by atoms with Gasteiger partial charge >= 0.3 is 0 Å². The Bertz CT molecular complexity index is 625. The summed E-state index contributed by atoms with van der Waals surface area (Å²) >= 11 is 5.30. The lowest BCUT2D eigenvalue weighted by molar-refractivity contribution is 0.590. The van der Waals surface area contributed by atoms with E-state index in [1.807, 2.05) is 24.3 Å². The molecule has 0 spiro atoms. The van der Waals surface area contributed by atoms with Crippen molar-refractivity contribution in [2.24, 2.45) is 0 Å². The third kappa shape index (κ3) is 4.74. The van der Waals surface area contributed by atoms with Crippen molar-refractivity contribution in [2.45, 2.75) is 32.7 Å². The van der Waals surface area contributed by atoms with E-state index >= 15 is 0 Å². The molecule has 0 aliphatic heterocycles. The van der Waals surface area contributed by atoms with Crippen LogP contribution in [0.3, 0.4) is 0 Å². The number of nitrogens with two attached hydrogens (primary N) is 1. The molecule has 2 aromatic carbocycles. The van der Waals surface area contributed by atoms with Gasteiger partial charge in [0.25, 0.3) is 0 Å². The van der Waals surface area contributed by atoms with Crippen LogP contribution in [0.15, 0.2) is 48.5 Å². The van der Waals surface area contributed by atoms with Crippen LogP contribution >= 0.6 is 12.2 Å². The highest BCUT2D eigenvalue weighted by molar-refractivity contribution is 7.80. The first-order valence-corrected chi connectivity index (χ1v) is 7.75. The van der Waals surface area contributed by atoms with Crippen molar-refractivity contribution in [3.05, 3.63) is 59.7 Å². The van der Waals surface area contributed by atoms with Gasteiger partial charge in [-0.15, -0.1) is 0 Å². The van der Waals surface area contributed by atoms with Crippen LogP contribution in [0.1, 0.15) is 31.9 Å². The van der Waals surface area contributed by atoms with Crippen LogP contribution in [0, 0.1) is 0 Å². The van der Waals surface area contributed by atoms with Crippen LogP contribution in [0.25, 0.3) is 0 Å². The Morgan fingerprint density at radius 3 is 2.14 bits per heavy atom. The summed E-state index contributed by atoms with van der Waals surface area (Å²) in [6.45, 7) is 7.34. The lowest BCUT2D eigenvalue weighted by Crippen LogP contribution is -2.27. The number of anilines is 2. The molecule has 0 saturated heterocycles. The molecule has 22 heavy (non-hydrogen) atoms. The number of benzene rings is 2. The molecule has 0 atom stereocenters. The Kier molecular flexibility index (Phi) is 5.03. The summed E-state index contributed by atoms with van der Waals surface area (Å²) in [4.78, 5) is 0. The second-order valence-electron chi connectivity index (χ2n) is 6.38. The molecule has 2 aromatic rings. The van der Waals surface area contributed by atoms with Gasteiger partial charge in [0.05, 0.1) is 0 Å². The van der Waals surface area contributed by atoms with E-state index in [0.29, 0.717) is 11.7 Å². The number of hydrogen-bond acceptors (Lipinski definition) is 2. The molecule has 0 amide bonds. The summed E-state index contributed by atoms with van der Waals surface area (Å²) in [5, 5.41) is 6.95. The van der Waals surface area contributed by atoms with Crippen LogP contribution < -0.4 is 16.4 Å². The molecule has 3 nitrogen and oxygen atoms in total. The fraction of sp³-hybridized carbons (Fsp3) is 0.278. The number of rotatable bonds is 3. The topological polar surface area (TPSA) is 50.1 Å². The van der Waals surface area contributed by atoms with Crippen LogP contribution in [0.5, 0.6) is 0 Å². The zero-order valence-electron chi connectivity index (χ0n) is 13.3. The molecule has 2 rings (SSSR count). The van der Waals surface area contributed by atoms with Crippen LogP contribution in [0.2, 0.25) is 0 Å². The smallest absolute Gasteiger partial charge is 0.171 e. The summed E-state index contributed by atoms with van der Waals surface area (Å²) in [5.41, 5.74) is 10.0. The van der Waals surface area contributed by atoms with Gasteiger partial charge in [-0.1, -0.05) is 45.0 Å². The summed E-state index contributed by atoms with van der Waals surface area (Å²) in [6, 6.07) is 16.1. The first kappa shape index (κ1) is 16.3. The van der Waals surface area contributed by atoms with Gasteiger partial charge in [-0.3, -0.25) is 0 Å². The van der Waals surface area contributed by atoms with Gasteiger partial charge in [0.2, 0.25) is 0 Å². The third-order valence-electron chi connectivity index (χ3n) is 3.44. The maximum atomic E-state index is 5.66. The Morgan fingerprint density at radius 1 is 1.00 bits per heavy atom. The summed E-state index contributed by atoms with van der Waals surface area (Å²) < 4.78 is 0. The molecular formula is C18H23N3S. The predicted molar refractivity (Wildman–Crippen MR) is 99.1 cm³/mol. The van der Waals surface area contributed by atoms with Crippen LogP contribution in [-0.4, -0.2) is 5.11 Å². The van der Waals surface area contributed by atoms with E-state index in [2.05, 4.69) is 55.7 Å². The van der Waals surface area contributed by atoms with Crippen molar-refractivity contribution in [2.75, 3.05) is 11.1 Å². The molecule has 0 aliphatic carbocycles. The first-order valence-electron chi connectivity index (χ1n) is 7.34. The second-order valence-corrected chi connectivity index (χ2v) is 6.78. The van der Waals surface area contributed by atoms with Crippen molar-refractivity contribution in [1.29, 1.82) is 0 Å². The van der Waals surface area contributed by atoms with Crippen molar-refractivity contribution in [3.8, 4) is 0 Å². The van der Waals surface area contributed by atoms with Crippen molar-refractivity contribution in [3.63, 3.8) is 0 Å².